The van der Waals surface area contributed by atoms with Gasteiger partial charge < -0.3 is 45.3 Å². The summed E-state index contributed by atoms with van der Waals surface area (Å²) in [6.07, 6.45) is 4.44. The topological polar surface area (TPSA) is 166 Å². The summed E-state index contributed by atoms with van der Waals surface area (Å²) in [4.78, 5) is 17.3. The van der Waals surface area contributed by atoms with Crippen molar-refractivity contribution in [1.82, 2.24) is 4.98 Å². The fourth-order valence-electron chi connectivity index (χ4n) is 10.8. The Balaban J connectivity index is 1.29. The molecule has 5 atom stereocenters. The quantitative estimate of drug-likeness (QED) is 0.0524. The molecule has 1 saturated carbocycles. The molecule has 5 unspecified atom stereocenters. The molecular formula is C50H51N3O8. The van der Waals surface area contributed by atoms with Crippen LogP contribution in [0.15, 0.2) is 72.8 Å². The Morgan fingerprint density at radius 3 is 2.66 bits per heavy atom. The van der Waals surface area contributed by atoms with Gasteiger partial charge in [-0.05, 0) is 121 Å². The number of fused-ring (bicyclic) bond motifs is 7. The summed E-state index contributed by atoms with van der Waals surface area (Å²) in [7, 11) is 1.51. The van der Waals surface area contributed by atoms with Crippen LogP contribution in [0, 0.1) is 17.8 Å². The highest BCUT2D eigenvalue weighted by Crippen LogP contribution is 2.63. The molecule has 61 heavy (non-hydrogen) atoms. The molecule has 11 heteroatoms. The van der Waals surface area contributed by atoms with Gasteiger partial charge in [0.1, 0.15) is 41.5 Å². The Kier molecular flexibility index (Phi) is 10.7. The largest absolute Gasteiger partial charge is 0.508 e. The van der Waals surface area contributed by atoms with Crippen LogP contribution >= 0.6 is 0 Å². The minimum atomic E-state index is -0.633. The molecule has 1 fully saturated rings. The van der Waals surface area contributed by atoms with Gasteiger partial charge in [0.25, 0.3) is 0 Å². The van der Waals surface area contributed by atoms with Crippen molar-refractivity contribution in [3.63, 3.8) is 0 Å². The van der Waals surface area contributed by atoms with Crippen molar-refractivity contribution in [2.24, 2.45) is 5.92 Å². The molecule has 0 radical (unpaired) electrons. The number of carbonyl (C=O) groups excluding carboxylic acids is 1. The Bertz CT molecular complexity index is 2600. The number of nitrogens with one attached hydrogen (secondary N) is 1. The number of benzene rings is 4. The third-order valence-electron chi connectivity index (χ3n) is 13.3. The summed E-state index contributed by atoms with van der Waals surface area (Å²) in [5.41, 5.74) is 16.1. The Hall–Kier alpha value is -6.38. The van der Waals surface area contributed by atoms with Crippen molar-refractivity contribution in [2.45, 2.75) is 82.1 Å². The predicted octanol–water partition coefficient (Wildman–Crippen LogP) is 8.21. The lowest BCUT2D eigenvalue weighted by atomic mass is 9.64. The van der Waals surface area contributed by atoms with E-state index in [0.29, 0.717) is 23.7 Å². The minimum Gasteiger partial charge on any atom is -0.508 e. The van der Waals surface area contributed by atoms with Crippen LogP contribution in [0.5, 0.6) is 28.7 Å². The number of pyridine rings is 1. The van der Waals surface area contributed by atoms with Gasteiger partial charge >= 0.3 is 5.97 Å². The average Bonchev–Trinajstić information content (AvgIpc) is 3.82. The maximum atomic E-state index is 12.4. The summed E-state index contributed by atoms with van der Waals surface area (Å²) in [6, 6.07) is 23.5. The lowest BCUT2D eigenvalue weighted by molar-refractivity contribution is -0.141. The van der Waals surface area contributed by atoms with Gasteiger partial charge in [-0.25, -0.2) is 4.98 Å². The number of nitrogens with two attached hydrogens (primary N) is 1. The number of aryl methyl sites for hydroxylation is 1. The molecule has 4 bridgehead atoms. The highest BCUT2D eigenvalue weighted by Gasteiger charge is 2.52. The smallest absolute Gasteiger partial charge is 0.302 e. The summed E-state index contributed by atoms with van der Waals surface area (Å²) >= 11 is 0. The summed E-state index contributed by atoms with van der Waals surface area (Å²) < 4.78 is 24.6. The van der Waals surface area contributed by atoms with E-state index in [1.165, 1.54) is 19.6 Å². The highest BCUT2D eigenvalue weighted by atomic mass is 16.6. The first-order chi connectivity index (χ1) is 29.6. The molecule has 1 aromatic heterocycles. The third kappa shape index (κ3) is 7.23. The van der Waals surface area contributed by atoms with Crippen LogP contribution in [0.3, 0.4) is 0 Å². The van der Waals surface area contributed by atoms with Gasteiger partial charge in [0.15, 0.2) is 18.3 Å². The number of ether oxygens (including phenoxy) is 4. The third-order valence-corrected chi connectivity index (χ3v) is 13.3. The number of phenolic OH excluding ortho intramolecular Hbond substituents is 2. The number of esters is 1. The summed E-state index contributed by atoms with van der Waals surface area (Å²) in [5.74, 6) is 8.10. The Morgan fingerprint density at radius 2 is 1.85 bits per heavy atom. The van der Waals surface area contributed by atoms with Crippen molar-refractivity contribution in [3.8, 4) is 51.7 Å². The molecule has 0 saturated heterocycles. The molecular weight excluding hydrogens is 771 g/mol. The first-order valence-corrected chi connectivity index (χ1v) is 21.2. The van der Waals surface area contributed by atoms with E-state index in [-0.39, 0.29) is 42.1 Å². The summed E-state index contributed by atoms with van der Waals surface area (Å²) in [5, 5.41) is 35.8. The number of rotatable bonds is 10. The first-order valence-electron chi connectivity index (χ1n) is 21.2. The van der Waals surface area contributed by atoms with Crippen LogP contribution in [-0.4, -0.2) is 53.3 Å². The predicted molar refractivity (Wildman–Crippen MR) is 232 cm³/mol. The number of anilines is 2. The molecule has 4 aliphatic rings. The van der Waals surface area contributed by atoms with Crippen LogP contribution in [0.25, 0.3) is 11.1 Å². The molecule has 314 valence electrons. The Morgan fingerprint density at radius 1 is 1.02 bits per heavy atom. The number of phenols is 2. The second kappa shape index (κ2) is 16.2. The van der Waals surface area contributed by atoms with E-state index in [9.17, 15) is 20.1 Å². The van der Waals surface area contributed by atoms with Crippen LogP contribution in [0.1, 0.15) is 102 Å². The van der Waals surface area contributed by atoms with Gasteiger partial charge in [-0.2, -0.15) is 0 Å². The van der Waals surface area contributed by atoms with Gasteiger partial charge in [0, 0.05) is 59.3 Å². The zero-order valence-corrected chi connectivity index (χ0v) is 34.7. The molecule has 9 rings (SSSR count). The number of aliphatic hydroxyl groups is 1. The minimum absolute atomic E-state index is 0.0291. The van der Waals surface area contributed by atoms with Gasteiger partial charge in [-0.15, -0.1) is 0 Å². The number of carbonyl (C=O) groups is 1. The standard InChI is InChI=1S/C50H51N3O8/c1-4-52-40-10-6-5-8-29(40)12-13-34-31-18-19-50(24-31)25-32-20-33(56)22-44(60-27-54)46(32)37-15-14-36-39(26-59-28(2)55)48(61-49(36)47(37)50)38-23-43(58-3)42(57)21-30(38)9-7-11-41-35(34)16-17-45(51)53-41/h5-6,8,10,14-17,20-23,31,34,39,48,52,54,56-57H,4,9,12-13,18-19,24-27H2,1-3H3,(H2,51,53). The van der Waals surface area contributed by atoms with Crippen molar-refractivity contribution in [2.75, 3.05) is 38.1 Å². The average molecular weight is 822 g/mol. The normalized spacial score (nSPS) is 21.6. The second-order valence-corrected chi connectivity index (χ2v) is 16.8. The number of para-hydroxylation sites is 1. The highest BCUT2D eigenvalue weighted by molar-refractivity contribution is 5.84. The maximum Gasteiger partial charge on any atom is 0.302 e. The van der Waals surface area contributed by atoms with E-state index in [1.54, 1.807) is 18.2 Å². The molecule has 6 N–H and O–H groups in total. The van der Waals surface area contributed by atoms with Gasteiger partial charge in [0.2, 0.25) is 0 Å². The van der Waals surface area contributed by atoms with Crippen molar-refractivity contribution in [1.29, 1.82) is 0 Å². The molecule has 2 aliphatic carbocycles. The number of nitrogen functional groups attached to an aromatic ring is 1. The SMILES string of the molecule is CCNc1ccccc1CCC1c2ccc(N)nc2C#CCc2cc(O)c(OC)cc2C2Oc3c(ccc4c3C3(CCC1C3)Cc1cc(O)cc(OCO)c1-4)C2COC(C)=O. The van der Waals surface area contributed by atoms with E-state index in [0.717, 1.165) is 94.6 Å². The lowest BCUT2D eigenvalue weighted by Crippen LogP contribution is -2.31. The molecule has 1 spiro atoms. The maximum absolute atomic E-state index is 12.4. The van der Waals surface area contributed by atoms with Crippen LogP contribution in [0.2, 0.25) is 0 Å². The van der Waals surface area contributed by atoms with E-state index < -0.39 is 30.2 Å². The fourth-order valence-corrected chi connectivity index (χ4v) is 10.8. The number of hydrogen-bond acceptors (Lipinski definition) is 11. The zero-order valence-electron chi connectivity index (χ0n) is 34.7. The van der Waals surface area contributed by atoms with E-state index in [2.05, 4.69) is 60.5 Å². The van der Waals surface area contributed by atoms with Crippen LogP contribution < -0.4 is 25.3 Å². The van der Waals surface area contributed by atoms with E-state index in [1.807, 2.05) is 18.2 Å². The second-order valence-electron chi connectivity index (χ2n) is 16.8. The van der Waals surface area contributed by atoms with Crippen LogP contribution in [-0.2, 0) is 34.2 Å². The number of hydrogen-bond donors (Lipinski definition) is 5. The monoisotopic (exact) mass is 821 g/mol. The Labute approximate surface area is 355 Å². The molecule has 5 aromatic rings. The van der Waals surface area contributed by atoms with Gasteiger partial charge in [-0.3, -0.25) is 4.79 Å². The first kappa shape index (κ1) is 40.0. The number of aliphatic hydroxyl groups excluding tert-OH is 1. The van der Waals surface area contributed by atoms with Gasteiger partial charge in [0.05, 0.1) is 13.0 Å². The zero-order chi connectivity index (χ0) is 42.4. The molecule has 0 amide bonds. The fraction of sp³-hybridized carbons (Fsp3) is 0.360. The van der Waals surface area contributed by atoms with Crippen molar-refractivity contribution in [3.05, 3.63) is 117 Å². The number of nitrogens with zero attached hydrogens (tertiary/aromatic N) is 1. The number of methoxy groups -OCH3 is 1. The van der Waals surface area contributed by atoms with Crippen LogP contribution in [0.4, 0.5) is 11.5 Å². The molecule has 3 heterocycles. The van der Waals surface area contributed by atoms with Crippen molar-refractivity contribution < 1.29 is 39.1 Å². The summed E-state index contributed by atoms with van der Waals surface area (Å²) in [6.45, 7) is 3.83. The number of aromatic hydroxyl groups is 2. The van der Waals surface area contributed by atoms with E-state index in [4.69, 9.17) is 29.7 Å². The molecule has 11 nitrogen and oxygen atoms in total. The van der Waals surface area contributed by atoms with Crippen molar-refractivity contribution >= 4 is 17.5 Å². The lowest BCUT2D eigenvalue weighted by Gasteiger charge is -2.40. The van der Waals surface area contributed by atoms with E-state index >= 15 is 0 Å². The molecule has 4 aromatic carbocycles. The van der Waals surface area contributed by atoms with Gasteiger partial charge in [-0.1, -0.05) is 42.3 Å². The number of aromatic nitrogens is 1. The molecule has 2 aliphatic heterocycles.